The SMILES string of the molecule is COc1ccc(CN(Cc2ccccc2)C(c2cc3cc(OC)ccc3[nH]c2=O)c2nnnn2CCc2ccccc2)cc1. The van der Waals surface area contributed by atoms with E-state index in [2.05, 4.69) is 49.7 Å². The molecule has 44 heavy (non-hydrogen) atoms. The van der Waals surface area contributed by atoms with Gasteiger partial charge in [-0.3, -0.25) is 9.69 Å². The summed E-state index contributed by atoms with van der Waals surface area (Å²) in [5.74, 6) is 2.09. The van der Waals surface area contributed by atoms with Gasteiger partial charge >= 0.3 is 0 Å². The third-order valence-electron chi connectivity index (χ3n) is 7.77. The number of ether oxygens (including phenoxy) is 2. The van der Waals surface area contributed by atoms with E-state index in [1.165, 1.54) is 5.56 Å². The van der Waals surface area contributed by atoms with Crippen LogP contribution in [0.25, 0.3) is 10.9 Å². The number of aromatic amines is 1. The number of hydrogen-bond acceptors (Lipinski definition) is 7. The molecule has 1 atom stereocenters. The van der Waals surface area contributed by atoms with Gasteiger partial charge in [0, 0.05) is 36.1 Å². The maximum atomic E-state index is 13.9. The molecule has 0 radical (unpaired) electrons. The molecule has 0 aliphatic carbocycles. The lowest BCUT2D eigenvalue weighted by Crippen LogP contribution is -2.35. The van der Waals surface area contributed by atoms with Gasteiger partial charge in [-0.2, -0.15) is 0 Å². The van der Waals surface area contributed by atoms with E-state index in [1.54, 1.807) is 14.2 Å². The van der Waals surface area contributed by atoms with Crippen LogP contribution in [0.3, 0.4) is 0 Å². The van der Waals surface area contributed by atoms with Gasteiger partial charge in [0.1, 0.15) is 17.5 Å². The molecular formula is C35H34N6O3. The third-order valence-corrected chi connectivity index (χ3v) is 7.77. The van der Waals surface area contributed by atoms with Crippen LogP contribution in [0.15, 0.2) is 114 Å². The van der Waals surface area contributed by atoms with E-state index in [4.69, 9.17) is 9.47 Å². The Balaban J connectivity index is 1.49. The summed E-state index contributed by atoms with van der Waals surface area (Å²) in [7, 11) is 3.29. The Kier molecular flexibility index (Phi) is 8.75. The third kappa shape index (κ3) is 6.53. The summed E-state index contributed by atoms with van der Waals surface area (Å²) in [5.41, 5.74) is 4.43. The number of hydrogen-bond donors (Lipinski definition) is 1. The van der Waals surface area contributed by atoms with Gasteiger partial charge in [0.15, 0.2) is 5.82 Å². The first-order chi connectivity index (χ1) is 21.6. The first kappa shape index (κ1) is 28.8. The molecule has 0 fully saturated rings. The fourth-order valence-corrected chi connectivity index (χ4v) is 5.50. The van der Waals surface area contributed by atoms with Crippen molar-refractivity contribution in [3.63, 3.8) is 0 Å². The Hall–Kier alpha value is -5.28. The Morgan fingerprint density at radius 1 is 0.773 bits per heavy atom. The van der Waals surface area contributed by atoms with Gasteiger partial charge in [-0.25, -0.2) is 4.68 Å². The number of aromatic nitrogens is 5. The molecule has 1 unspecified atom stereocenters. The molecule has 0 saturated heterocycles. The molecule has 1 N–H and O–H groups in total. The molecule has 0 aliphatic heterocycles. The molecule has 0 bridgehead atoms. The summed E-state index contributed by atoms with van der Waals surface area (Å²) in [6, 6.07) is 35.4. The molecule has 9 nitrogen and oxygen atoms in total. The first-order valence-electron chi connectivity index (χ1n) is 14.5. The zero-order valence-corrected chi connectivity index (χ0v) is 24.8. The van der Waals surface area contributed by atoms with Crippen LogP contribution >= 0.6 is 0 Å². The summed E-state index contributed by atoms with van der Waals surface area (Å²) in [6.07, 6.45) is 0.744. The Morgan fingerprint density at radius 3 is 2.09 bits per heavy atom. The highest BCUT2D eigenvalue weighted by Crippen LogP contribution is 2.31. The number of fused-ring (bicyclic) bond motifs is 1. The molecule has 222 valence electrons. The summed E-state index contributed by atoms with van der Waals surface area (Å²) in [6.45, 7) is 1.65. The van der Waals surface area contributed by atoms with Crippen LogP contribution in [0, 0.1) is 0 Å². The predicted octanol–water partition coefficient (Wildman–Crippen LogP) is 5.57. The average Bonchev–Trinajstić information content (AvgIpc) is 3.53. The number of rotatable bonds is 12. The predicted molar refractivity (Wildman–Crippen MR) is 170 cm³/mol. The van der Waals surface area contributed by atoms with Gasteiger partial charge in [-0.15, -0.1) is 5.10 Å². The van der Waals surface area contributed by atoms with Gasteiger partial charge in [-0.1, -0.05) is 72.8 Å². The molecule has 0 spiro atoms. The highest BCUT2D eigenvalue weighted by atomic mass is 16.5. The molecule has 0 saturated carbocycles. The molecule has 2 aromatic heterocycles. The van der Waals surface area contributed by atoms with Crippen molar-refractivity contribution in [1.29, 1.82) is 0 Å². The van der Waals surface area contributed by atoms with Crippen LogP contribution in [-0.4, -0.2) is 44.3 Å². The molecule has 4 aromatic carbocycles. The second kappa shape index (κ2) is 13.4. The molecule has 6 aromatic rings. The van der Waals surface area contributed by atoms with Crippen molar-refractivity contribution < 1.29 is 9.47 Å². The maximum absolute atomic E-state index is 13.9. The minimum atomic E-state index is -0.567. The van der Waals surface area contributed by atoms with Crippen molar-refractivity contribution in [2.45, 2.75) is 32.1 Å². The van der Waals surface area contributed by atoms with Gasteiger partial charge in [-0.05, 0) is 69.9 Å². The van der Waals surface area contributed by atoms with E-state index in [-0.39, 0.29) is 5.56 Å². The van der Waals surface area contributed by atoms with Crippen LogP contribution in [0.2, 0.25) is 0 Å². The topological polar surface area (TPSA) is 98.2 Å². The van der Waals surface area contributed by atoms with Crippen molar-refractivity contribution in [1.82, 2.24) is 30.1 Å². The van der Waals surface area contributed by atoms with Crippen molar-refractivity contribution in [2.24, 2.45) is 0 Å². The number of tetrazole rings is 1. The summed E-state index contributed by atoms with van der Waals surface area (Å²) in [5, 5.41) is 13.9. The van der Waals surface area contributed by atoms with E-state index in [1.807, 2.05) is 89.6 Å². The standard InChI is InChI=1S/C35H34N6O3/c1-43-29-15-13-27(14-16-29)24-40(23-26-11-7-4-8-12-26)33(31-22-28-21-30(44-2)17-18-32(28)36-35(31)42)34-37-38-39-41(34)20-19-25-9-5-3-6-10-25/h3-18,21-22,33H,19-20,23-24H2,1-2H3,(H,36,42). The zero-order valence-electron chi connectivity index (χ0n) is 24.8. The van der Waals surface area contributed by atoms with E-state index in [0.717, 1.165) is 34.2 Å². The maximum Gasteiger partial charge on any atom is 0.253 e. The normalized spacial score (nSPS) is 12.0. The minimum absolute atomic E-state index is 0.196. The second-order valence-corrected chi connectivity index (χ2v) is 10.6. The summed E-state index contributed by atoms with van der Waals surface area (Å²) < 4.78 is 12.7. The summed E-state index contributed by atoms with van der Waals surface area (Å²) >= 11 is 0. The van der Waals surface area contributed by atoms with Crippen LogP contribution in [-0.2, 0) is 26.1 Å². The highest BCUT2D eigenvalue weighted by Gasteiger charge is 2.31. The largest absolute Gasteiger partial charge is 0.497 e. The van der Waals surface area contributed by atoms with Crippen molar-refractivity contribution in [2.75, 3.05) is 14.2 Å². The van der Waals surface area contributed by atoms with Crippen LogP contribution in [0.1, 0.15) is 34.1 Å². The Labute approximate surface area is 255 Å². The molecule has 9 heteroatoms. The summed E-state index contributed by atoms with van der Waals surface area (Å²) in [4.78, 5) is 19.2. The zero-order chi connectivity index (χ0) is 30.3. The first-order valence-corrected chi connectivity index (χ1v) is 14.5. The fourth-order valence-electron chi connectivity index (χ4n) is 5.50. The lowest BCUT2D eigenvalue weighted by atomic mass is 10.0. The molecular weight excluding hydrogens is 552 g/mol. The minimum Gasteiger partial charge on any atom is -0.497 e. The van der Waals surface area contributed by atoms with Gasteiger partial charge in [0.05, 0.1) is 14.2 Å². The number of nitrogens with one attached hydrogen (secondary N) is 1. The second-order valence-electron chi connectivity index (χ2n) is 10.6. The number of nitrogens with zero attached hydrogens (tertiary/aromatic N) is 5. The highest BCUT2D eigenvalue weighted by molar-refractivity contribution is 5.80. The number of methoxy groups -OCH3 is 2. The van der Waals surface area contributed by atoms with Gasteiger partial charge < -0.3 is 14.5 Å². The van der Waals surface area contributed by atoms with Crippen LogP contribution in [0.4, 0.5) is 0 Å². The van der Waals surface area contributed by atoms with E-state index in [9.17, 15) is 4.79 Å². The van der Waals surface area contributed by atoms with Gasteiger partial charge in [0.25, 0.3) is 5.56 Å². The lowest BCUT2D eigenvalue weighted by molar-refractivity contribution is 0.193. The average molecular weight is 587 g/mol. The van der Waals surface area contributed by atoms with Crippen molar-refractivity contribution >= 4 is 10.9 Å². The number of benzene rings is 4. The number of aryl methyl sites for hydroxylation is 2. The molecule has 6 rings (SSSR count). The smallest absolute Gasteiger partial charge is 0.253 e. The lowest BCUT2D eigenvalue weighted by Gasteiger charge is -2.31. The molecule has 2 heterocycles. The van der Waals surface area contributed by atoms with E-state index < -0.39 is 6.04 Å². The Morgan fingerprint density at radius 2 is 1.41 bits per heavy atom. The quantitative estimate of drug-likeness (QED) is 0.200. The molecule has 0 aliphatic rings. The van der Waals surface area contributed by atoms with Crippen LogP contribution < -0.4 is 15.0 Å². The number of pyridine rings is 1. The monoisotopic (exact) mass is 586 g/mol. The number of H-pyrrole nitrogens is 1. The van der Waals surface area contributed by atoms with Crippen LogP contribution in [0.5, 0.6) is 11.5 Å². The van der Waals surface area contributed by atoms with Crippen molar-refractivity contribution in [3.8, 4) is 11.5 Å². The van der Waals surface area contributed by atoms with Crippen molar-refractivity contribution in [3.05, 3.63) is 148 Å². The fraction of sp³-hybridized carbons (Fsp3) is 0.200. The van der Waals surface area contributed by atoms with E-state index in [0.29, 0.717) is 36.8 Å². The molecule has 0 amide bonds. The van der Waals surface area contributed by atoms with E-state index >= 15 is 0 Å². The Bertz CT molecular complexity index is 1870. The van der Waals surface area contributed by atoms with Gasteiger partial charge in [0.2, 0.25) is 0 Å².